The number of carbonyl (C=O) groups is 1. The molecule has 1 aliphatic carbocycles. The molecule has 19 heavy (non-hydrogen) atoms. The lowest BCUT2D eigenvalue weighted by Gasteiger charge is -2.23. The van der Waals surface area contributed by atoms with E-state index in [1.807, 2.05) is 0 Å². The Morgan fingerprint density at radius 1 is 1.21 bits per heavy atom. The van der Waals surface area contributed by atoms with Gasteiger partial charge in [0.1, 0.15) is 5.82 Å². The molecule has 1 heterocycles. The van der Waals surface area contributed by atoms with Gasteiger partial charge in [0.15, 0.2) is 0 Å². The van der Waals surface area contributed by atoms with Gasteiger partial charge in [-0.3, -0.25) is 4.79 Å². The Balaban J connectivity index is 1.79. The molecule has 1 amide bonds. The Kier molecular flexibility index (Phi) is 3.51. The van der Waals surface area contributed by atoms with E-state index in [4.69, 9.17) is 0 Å². The second-order valence-corrected chi connectivity index (χ2v) is 5.51. The molecule has 0 spiro atoms. The van der Waals surface area contributed by atoms with Crippen molar-refractivity contribution in [3.8, 4) is 0 Å². The molecule has 1 aliphatic heterocycles. The van der Waals surface area contributed by atoms with E-state index in [1.54, 1.807) is 12.1 Å². The summed E-state index contributed by atoms with van der Waals surface area (Å²) in [6, 6.07) is 5.08. The Bertz CT molecular complexity index is 479. The minimum Gasteiger partial charge on any atom is -0.349 e. The van der Waals surface area contributed by atoms with Crippen molar-refractivity contribution in [2.24, 2.45) is 0 Å². The van der Waals surface area contributed by atoms with Crippen molar-refractivity contribution < 1.29 is 9.18 Å². The van der Waals surface area contributed by atoms with Gasteiger partial charge in [0, 0.05) is 11.6 Å². The van der Waals surface area contributed by atoms with Crippen LogP contribution in [0.3, 0.4) is 0 Å². The molecular weight excluding hydrogens is 243 g/mol. The lowest BCUT2D eigenvalue weighted by atomic mass is 9.89. The summed E-state index contributed by atoms with van der Waals surface area (Å²) >= 11 is 0. The molecule has 2 fully saturated rings. The maximum atomic E-state index is 13.9. The maximum Gasteiger partial charge on any atom is 0.251 e. The van der Waals surface area contributed by atoms with Crippen LogP contribution in [-0.4, -0.2) is 25.0 Å². The number of piperidine rings is 1. The van der Waals surface area contributed by atoms with E-state index in [9.17, 15) is 9.18 Å². The van der Waals surface area contributed by atoms with Crippen LogP contribution in [0.1, 0.15) is 47.5 Å². The fourth-order valence-electron chi connectivity index (χ4n) is 2.63. The number of hydrogen-bond donors (Lipinski definition) is 2. The molecular formula is C15H19FN2O. The van der Waals surface area contributed by atoms with Crippen molar-refractivity contribution in [1.29, 1.82) is 0 Å². The number of halogens is 1. The lowest BCUT2D eigenvalue weighted by Crippen LogP contribution is -2.28. The Hall–Kier alpha value is -1.42. The summed E-state index contributed by atoms with van der Waals surface area (Å²) < 4.78 is 13.9. The van der Waals surface area contributed by atoms with Gasteiger partial charge in [-0.05, 0) is 68.5 Å². The fraction of sp³-hybridized carbons (Fsp3) is 0.533. The third-order valence-corrected chi connectivity index (χ3v) is 3.95. The number of rotatable bonds is 3. The van der Waals surface area contributed by atoms with Crippen LogP contribution in [0.25, 0.3) is 0 Å². The second kappa shape index (κ2) is 5.29. The summed E-state index contributed by atoms with van der Waals surface area (Å²) in [5, 5.41) is 6.22. The molecule has 0 unspecified atom stereocenters. The van der Waals surface area contributed by atoms with Gasteiger partial charge < -0.3 is 10.6 Å². The van der Waals surface area contributed by atoms with Crippen LogP contribution in [0.4, 0.5) is 4.39 Å². The zero-order valence-electron chi connectivity index (χ0n) is 10.9. The largest absolute Gasteiger partial charge is 0.349 e. The van der Waals surface area contributed by atoms with Gasteiger partial charge in [-0.15, -0.1) is 0 Å². The molecule has 102 valence electrons. The molecule has 0 aromatic heterocycles. The van der Waals surface area contributed by atoms with E-state index in [1.165, 1.54) is 6.07 Å². The van der Waals surface area contributed by atoms with Crippen molar-refractivity contribution in [2.45, 2.75) is 37.6 Å². The smallest absolute Gasteiger partial charge is 0.251 e. The van der Waals surface area contributed by atoms with Crippen LogP contribution in [0, 0.1) is 5.82 Å². The molecule has 2 aliphatic rings. The molecule has 0 radical (unpaired) electrons. The Morgan fingerprint density at radius 2 is 1.95 bits per heavy atom. The zero-order valence-corrected chi connectivity index (χ0v) is 10.9. The van der Waals surface area contributed by atoms with Gasteiger partial charge in [0.25, 0.3) is 5.91 Å². The zero-order chi connectivity index (χ0) is 13.2. The maximum absolute atomic E-state index is 13.9. The normalized spacial score (nSPS) is 20.3. The van der Waals surface area contributed by atoms with Crippen molar-refractivity contribution in [3.63, 3.8) is 0 Å². The monoisotopic (exact) mass is 262 g/mol. The molecule has 3 rings (SSSR count). The lowest BCUT2D eigenvalue weighted by molar-refractivity contribution is 0.0951. The summed E-state index contributed by atoms with van der Waals surface area (Å²) in [5.41, 5.74) is 1.28. The summed E-state index contributed by atoms with van der Waals surface area (Å²) in [7, 11) is 0. The molecule has 1 aromatic carbocycles. The third-order valence-electron chi connectivity index (χ3n) is 3.95. The molecule has 2 N–H and O–H groups in total. The number of benzene rings is 1. The average Bonchev–Trinajstić information content (AvgIpc) is 3.24. The average molecular weight is 262 g/mol. The van der Waals surface area contributed by atoms with E-state index >= 15 is 0 Å². The first kappa shape index (κ1) is 12.6. The van der Waals surface area contributed by atoms with Gasteiger partial charge in [-0.1, -0.05) is 0 Å². The van der Waals surface area contributed by atoms with Crippen LogP contribution < -0.4 is 10.6 Å². The minimum absolute atomic E-state index is 0.0716. The molecule has 0 bridgehead atoms. The highest BCUT2D eigenvalue weighted by Crippen LogP contribution is 2.28. The van der Waals surface area contributed by atoms with Gasteiger partial charge in [-0.2, -0.15) is 0 Å². The Labute approximate surface area is 112 Å². The van der Waals surface area contributed by atoms with Crippen molar-refractivity contribution in [3.05, 3.63) is 35.1 Å². The highest BCUT2D eigenvalue weighted by Gasteiger charge is 2.25. The minimum atomic E-state index is -0.185. The van der Waals surface area contributed by atoms with Crippen LogP contribution >= 0.6 is 0 Å². The molecule has 4 heteroatoms. The van der Waals surface area contributed by atoms with Crippen molar-refractivity contribution >= 4 is 5.91 Å². The van der Waals surface area contributed by atoms with Crippen LogP contribution in [0.5, 0.6) is 0 Å². The van der Waals surface area contributed by atoms with Crippen LogP contribution in [-0.2, 0) is 0 Å². The number of nitrogens with one attached hydrogen (secondary N) is 2. The first-order valence-electron chi connectivity index (χ1n) is 7.05. The summed E-state index contributed by atoms with van der Waals surface area (Å²) in [6.07, 6.45) is 4.00. The van der Waals surface area contributed by atoms with E-state index in [0.717, 1.165) is 38.8 Å². The van der Waals surface area contributed by atoms with Gasteiger partial charge in [0.05, 0.1) is 0 Å². The standard InChI is InChI=1S/C15H19FN2O/c16-14-4-1-11(15(19)18-12-2-3-12)9-13(14)10-5-7-17-8-6-10/h1,4,9-10,12,17H,2-3,5-8H2,(H,18,19). The molecule has 1 aromatic rings. The van der Waals surface area contributed by atoms with Gasteiger partial charge in [0.2, 0.25) is 0 Å². The van der Waals surface area contributed by atoms with Gasteiger partial charge >= 0.3 is 0 Å². The summed E-state index contributed by atoms with van der Waals surface area (Å²) in [6.45, 7) is 1.84. The van der Waals surface area contributed by atoms with E-state index < -0.39 is 0 Å². The van der Waals surface area contributed by atoms with Crippen molar-refractivity contribution in [2.75, 3.05) is 13.1 Å². The predicted octanol–water partition coefficient (Wildman–Crippen LogP) is 2.18. The third kappa shape index (κ3) is 2.95. The Morgan fingerprint density at radius 3 is 2.63 bits per heavy atom. The fourth-order valence-corrected chi connectivity index (χ4v) is 2.63. The molecule has 0 atom stereocenters. The highest BCUT2D eigenvalue weighted by atomic mass is 19.1. The molecule has 3 nitrogen and oxygen atoms in total. The van der Waals surface area contributed by atoms with E-state index in [2.05, 4.69) is 10.6 Å². The number of amides is 1. The van der Waals surface area contributed by atoms with E-state index in [0.29, 0.717) is 17.2 Å². The first-order chi connectivity index (χ1) is 9.24. The quantitative estimate of drug-likeness (QED) is 0.876. The summed E-state index contributed by atoms with van der Waals surface area (Å²) in [5.74, 6) is -0.0255. The second-order valence-electron chi connectivity index (χ2n) is 5.51. The van der Waals surface area contributed by atoms with Crippen LogP contribution in [0.15, 0.2) is 18.2 Å². The summed E-state index contributed by atoms with van der Waals surface area (Å²) in [4.78, 5) is 12.0. The van der Waals surface area contributed by atoms with Crippen molar-refractivity contribution in [1.82, 2.24) is 10.6 Å². The SMILES string of the molecule is O=C(NC1CC1)c1ccc(F)c(C2CCNCC2)c1. The van der Waals surface area contributed by atoms with Gasteiger partial charge in [-0.25, -0.2) is 4.39 Å². The number of carbonyl (C=O) groups excluding carboxylic acids is 1. The highest BCUT2D eigenvalue weighted by molar-refractivity contribution is 5.94. The van der Waals surface area contributed by atoms with Crippen LogP contribution in [0.2, 0.25) is 0 Å². The number of hydrogen-bond acceptors (Lipinski definition) is 2. The molecule has 1 saturated heterocycles. The first-order valence-corrected chi connectivity index (χ1v) is 7.05. The molecule has 1 saturated carbocycles. The van der Waals surface area contributed by atoms with E-state index in [-0.39, 0.29) is 17.6 Å². The predicted molar refractivity (Wildman–Crippen MR) is 71.7 cm³/mol. The topological polar surface area (TPSA) is 41.1 Å².